The van der Waals surface area contributed by atoms with Crippen LogP contribution in [0.5, 0.6) is 17.2 Å². The largest absolute Gasteiger partial charge is 0.506 e. The van der Waals surface area contributed by atoms with Crippen molar-refractivity contribution in [3.8, 4) is 17.2 Å². The summed E-state index contributed by atoms with van der Waals surface area (Å²) in [6.45, 7) is 0.804. The molecule has 0 amide bonds. The van der Waals surface area contributed by atoms with Crippen molar-refractivity contribution in [2.75, 3.05) is 32.8 Å². The lowest BCUT2D eigenvalue weighted by Crippen LogP contribution is -2.75. The molecule has 4 aliphatic rings. The van der Waals surface area contributed by atoms with Crippen LogP contribution in [0.4, 0.5) is 0 Å². The third kappa shape index (κ3) is 2.73. The van der Waals surface area contributed by atoms with Crippen LogP contribution in [0.25, 0.3) is 10.8 Å². The quantitative estimate of drug-likeness (QED) is 0.374. The van der Waals surface area contributed by atoms with E-state index >= 15 is 0 Å². The van der Waals surface area contributed by atoms with Crippen molar-refractivity contribution in [1.29, 1.82) is 0 Å². The molecule has 6 rings (SSSR count). The number of aliphatic hydroxyl groups is 3. The summed E-state index contributed by atoms with van der Waals surface area (Å²) >= 11 is 3.35. The Labute approximate surface area is 221 Å². The molecule has 0 saturated carbocycles. The average molecular weight is 581 g/mol. The number of rotatable bonds is 6. The maximum Gasteiger partial charge on any atom is 0.275 e. The van der Waals surface area contributed by atoms with Crippen molar-refractivity contribution in [3.63, 3.8) is 0 Å². The minimum atomic E-state index is -2.02. The number of fused-ring (bicyclic) bond motifs is 6. The van der Waals surface area contributed by atoms with E-state index in [9.17, 15) is 25.2 Å². The number of hydrogen-bond donors (Lipinski definition) is 4. The molecule has 0 aromatic heterocycles. The second-order valence-electron chi connectivity index (χ2n) is 10.1. The van der Waals surface area contributed by atoms with Gasteiger partial charge in [0.2, 0.25) is 5.79 Å². The molecule has 37 heavy (non-hydrogen) atoms. The molecule has 2 aromatic carbocycles. The first kappa shape index (κ1) is 25.3. The van der Waals surface area contributed by atoms with Crippen LogP contribution in [-0.2, 0) is 20.6 Å². The van der Waals surface area contributed by atoms with Crippen LogP contribution < -0.4 is 9.47 Å². The Hall–Kier alpha value is -1.99. The molecule has 200 valence electrons. The molecule has 2 bridgehead atoms. The molecule has 0 radical (unpaired) electrons. The van der Waals surface area contributed by atoms with E-state index in [-0.39, 0.29) is 33.6 Å². The predicted molar refractivity (Wildman–Crippen MR) is 132 cm³/mol. The Morgan fingerprint density at radius 3 is 2.57 bits per heavy atom. The van der Waals surface area contributed by atoms with Gasteiger partial charge in [-0.2, -0.15) is 0 Å². The molecule has 11 heteroatoms. The SMILES string of the molecule is COc1c2c(c(O)c3c4c(c(C)cc13)C1OC3(C(CO)CO)OC1[C@@](OC)(O4)[C@@]3(O)CBr)C(=O)CCC2. The second-order valence-corrected chi connectivity index (χ2v) is 10.7. The van der Waals surface area contributed by atoms with Gasteiger partial charge in [0.25, 0.3) is 5.79 Å². The van der Waals surface area contributed by atoms with E-state index in [4.69, 9.17) is 23.7 Å². The molecule has 5 atom stereocenters. The van der Waals surface area contributed by atoms with Crippen molar-refractivity contribution >= 4 is 32.5 Å². The number of benzene rings is 2. The van der Waals surface area contributed by atoms with Crippen molar-refractivity contribution in [2.24, 2.45) is 5.92 Å². The minimum absolute atomic E-state index is 0.143. The van der Waals surface area contributed by atoms with Crippen molar-refractivity contribution in [1.82, 2.24) is 0 Å². The van der Waals surface area contributed by atoms with Crippen LogP contribution in [-0.4, -0.2) is 82.3 Å². The van der Waals surface area contributed by atoms with Gasteiger partial charge in [-0.3, -0.25) is 4.79 Å². The Kier molecular flexibility index (Phi) is 5.64. The molecule has 1 aliphatic carbocycles. The fourth-order valence-electron chi connectivity index (χ4n) is 6.87. The number of aryl methyl sites for hydroxylation is 1. The van der Waals surface area contributed by atoms with Crippen LogP contribution in [0.15, 0.2) is 6.07 Å². The van der Waals surface area contributed by atoms with Gasteiger partial charge in [0.15, 0.2) is 17.5 Å². The Balaban J connectivity index is 1.69. The summed E-state index contributed by atoms with van der Waals surface area (Å²) in [5, 5.41) is 44.4. The summed E-state index contributed by atoms with van der Waals surface area (Å²) in [4.78, 5) is 12.9. The van der Waals surface area contributed by atoms with Gasteiger partial charge < -0.3 is 44.1 Å². The lowest BCUT2D eigenvalue weighted by Gasteiger charge is -2.54. The van der Waals surface area contributed by atoms with Gasteiger partial charge in [-0.25, -0.2) is 0 Å². The molecular formula is C26H29BrO10. The van der Waals surface area contributed by atoms with Crippen LogP contribution in [0.3, 0.4) is 0 Å². The van der Waals surface area contributed by atoms with E-state index in [1.807, 2.05) is 13.0 Å². The van der Waals surface area contributed by atoms with E-state index in [0.717, 1.165) is 5.56 Å². The minimum Gasteiger partial charge on any atom is -0.506 e. The van der Waals surface area contributed by atoms with Gasteiger partial charge in [0.1, 0.15) is 23.4 Å². The van der Waals surface area contributed by atoms with E-state index < -0.39 is 48.5 Å². The van der Waals surface area contributed by atoms with E-state index in [0.29, 0.717) is 41.5 Å². The topological polar surface area (TPSA) is 144 Å². The molecule has 2 fully saturated rings. The van der Waals surface area contributed by atoms with Gasteiger partial charge in [-0.1, -0.05) is 15.9 Å². The molecule has 3 aliphatic heterocycles. The summed E-state index contributed by atoms with van der Waals surface area (Å²) in [6.07, 6.45) is -0.238. The highest BCUT2D eigenvalue weighted by Crippen LogP contribution is 2.68. The summed E-state index contributed by atoms with van der Waals surface area (Å²) in [7, 11) is 2.89. The van der Waals surface area contributed by atoms with Gasteiger partial charge in [0, 0.05) is 35.4 Å². The predicted octanol–water partition coefficient (Wildman–Crippen LogP) is 2.01. The normalized spacial score (nSPS) is 33.6. The Bertz CT molecular complexity index is 1320. The first-order valence-electron chi connectivity index (χ1n) is 12.2. The van der Waals surface area contributed by atoms with Gasteiger partial charge in [0.05, 0.1) is 37.2 Å². The fourth-order valence-corrected chi connectivity index (χ4v) is 7.65. The van der Waals surface area contributed by atoms with Crippen molar-refractivity contribution in [2.45, 2.75) is 55.6 Å². The van der Waals surface area contributed by atoms with E-state index in [2.05, 4.69) is 15.9 Å². The van der Waals surface area contributed by atoms with Crippen LogP contribution >= 0.6 is 15.9 Å². The standard InChI is InChI=1S/C26H29BrO10/c1-11-7-14-18(19(31)17-13(20(14)33-2)5-4-6-15(17)30)21-16(11)22-23-26(34-3,35-21)24(32,10-27)25(36-22,37-23)12(8-28)9-29/h7,12,22-23,28-29,31-32H,4-6,8-10H2,1-3H3/t22?,23?,24-,25?,26-/m1/s1. The smallest absolute Gasteiger partial charge is 0.275 e. The zero-order valence-corrected chi connectivity index (χ0v) is 22.3. The highest BCUT2D eigenvalue weighted by molar-refractivity contribution is 9.09. The number of Topliss-reactive ketones (excluding diaryl/α,β-unsaturated/α-hetero) is 1. The highest BCUT2D eigenvalue weighted by atomic mass is 79.9. The molecule has 4 N–H and O–H groups in total. The number of methoxy groups -OCH3 is 2. The summed E-state index contributed by atoms with van der Waals surface area (Å²) in [5.41, 5.74) is 0.145. The zero-order valence-electron chi connectivity index (χ0n) is 20.7. The van der Waals surface area contributed by atoms with Crippen molar-refractivity contribution < 1.29 is 48.9 Å². The Morgan fingerprint density at radius 2 is 1.95 bits per heavy atom. The molecule has 0 spiro atoms. The highest BCUT2D eigenvalue weighted by Gasteiger charge is 2.86. The number of alkyl halides is 1. The summed E-state index contributed by atoms with van der Waals surface area (Å²) < 4.78 is 30.9. The van der Waals surface area contributed by atoms with Crippen LogP contribution in [0.2, 0.25) is 0 Å². The number of hydrogen-bond acceptors (Lipinski definition) is 10. The van der Waals surface area contributed by atoms with E-state index in [1.54, 1.807) is 0 Å². The Morgan fingerprint density at radius 1 is 1.22 bits per heavy atom. The number of carbonyl (C=O) groups is 1. The average Bonchev–Trinajstić information content (AvgIpc) is 3.39. The molecule has 10 nitrogen and oxygen atoms in total. The molecular weight excluding hydrogens is 552 g/mol. The lowest BCUT2D eigenvalue weighted by molar-refractivity contribution is -0.360. The molecule has 3 heterocycles. The third-order valence-corrected chi connectivity index (χ3v) is 9.37. The zero-order chi connectivity index (χ0) is 26.5. The number of carbonyl (C=O) groups excluding carboxylic acids is 1. The number of ether oxygens (including phenoxy) is 5. The second kappa shape index (κ2) is 8.25. The number of phenols is 1. The summed E-state index contributed by atoms with van der Waals surface area (Å²) in [6, 6.07) is 1.85. The van der Waals surface area contributed by atoms with Gasteiger partial charge in [-0.05, 0) is 31.4 Å². The first-order chi connectivity index (χ1) is 17.7. The third-order valence-electron chi connectivity index (χ3n) is 8.55. The molecule has 2 saturated heterocycles. The lowest BCUT2D eigenvalue weighted by atomic mass is 9.73. The van der Waals surface area contributed by atoms with Crippen LogP contribution in [0, 0.1) is 12.8 Å². The first-order valence-corrected chi connectivity index (χ1v) is 13.3. The maximum absolute atomic E-state index is 12.9. The monoisotopic (exact) mass is 580 g/mol. The summed E-state index contributed by atoms with van der Waals surface area (Å²) in [5.74, 6) is -4.42. The van der Waals surface area contributed by atoms with Crippen LogP contribution in [0.1, 0.15) is 46.0 Å². The van der Waals surface area contributed by atoms with Gasteiger partial charge in [-0.15, -0.1) is 0 Å². The number of aromatic hydroxyl groups is 1. The number of halogens is 1. The molecule has 3 unspecified atom stereocenters. The van der Waals surface area contributed by atoms with Gasteiger partial charge >= 0.3 is 0 Å². The molecule has 2 aromatic rings. The maximum atomic E-state index is 12.9. The van der Waals surface area contributed by atoms with E-state index in [1.165, 1.54) is 14.2 Å². The number of phenolic OH excluding ortho intramolecular Hbond substituents is 1. The fraction of sp³-hybridized carbons (Fsp3) is 0.577. The number of aliphatic hydroxyl groups excluding tert-OH is 2. The number of ketones is 1. The van der Waals surface area contributed by atoms with Crippen molar-refractivity contribution in [3.05, 3.63) is 28.3 Å².